The van der Waals surface area contributed by atoms with E-state index in [2.05, 4.69) is 0 Å². The lowest BCUT2D eigenvalue weighted by Crippen LogP contribution is -3.00. The highest BCUT2D eigenvalue weighted by atomic mass is 79.9. The Labute approximate surface area is 251 Å². The quantitative estimate of drug-likeness (QED) is 0.0468. The Morgan fingerprint density at radius 2 is 1.35 bits per heavy atom. The molecule has 0 aromatic heterocycles. The number of phosphoric ester groups is 1. The first-order valence-corrected chi connectivity index (χ1v) is 17.0. The first kappa shape index (κ1) is 41.5. The van der Waals surface area contributed by atoms with Gasteiger partial charge < -0.3 is 35.8 Å². The topological polar surface area (TPSA) is 163 Å². The van der Waals surface area contributed by atoms with Crippen LogP contribution in [0.2, 0.25) is 0 Å². The maximum atomic E-state index is 12.4. The molecule has 240 valence electrons. The molecule has 0 saturated heterocycles. The molecule has 0 radical (unpaired) electrons. The molecule has 15 heteroatoms. The Morgan fingerprint density at radius 1 is 0.825 bits per heavy atom. The van der Waals surface area contributed by atoms with Gasteiger partial charge in [0.05, 0.1) is 33.5 Å². The third-order valence-electron chi connectivity index (χ3n) is 5.69. The molecule has 12 nitrogen and oxygen atoms in total. The first-order chi connectivity index (χ1) is 18.1. The SMILES string of the molecule is CCCCCC(=O)OCC(COP(=O)(O)OCC[N+](C)(C)C)OC(=O)CCCCCCCCCCS(=O)(=O)O.[Br-]. The predicted molar refractivity (Wildman–Crippen MR) is 148 cm³/mol. The molecular weight excluding hydrogens is 633 g/mol. The van der Waals surface area contributed by atoms with Crippen molar-refractivity contribution in [1.82, 2.24) is 0 Å². The molecule has 0 spiro atoms. The van der Waals surface area contributed by atoms with E-state index in [9.17, 15) is 27.5 Å². The molecule has 0 saturated carbocycles. The third kappa shape index (κ3) is 28.9. The van der Waals surface area contributed by atoms with Crippen molar-refractivity contribution < 1.29 is 72.0 Å². The highest BCUT2D eigenvalue weighted by Gasteiger charge is 2.27. The molecule has 0 bridgehead atoms. The molecule has 0 aromatic carbocycles. The Bertz CT molecular complexity index is 837. The van der Waals surface area contributed by atoms with Crippen LogP contribution in [0.4, 0.5) is 0 Å². The Morgan fingerprint density at radius 3 is 1.90 bits per heavy atom. The summed E-state index contributed by atoms with van der Waals surface area (Å²) in [4.78, 5) is 34.3. The van der Waals surface area contributed by atoms with Gasteiger partial charge in [0.25, 0.3) is 10.1 Å². The van der Waals surface area contributed by atoms with E-state index in [1.54, 1.807) is 0 Å². The second-order valence-corrected chi connectivity index (χ2v) is 13.8. The van der Waals surface area contributed by atoms with Crippen molar-refractivity contribution in [1.29, 1.82) is 0 Å². The van der Waals surface area contributed by atoms with Crippen LogP contribution in [0.1, 0.15) is 90.4 Å². The van der Waals surface area contributed by atoms with Crippen LogP contribution >= 0.6 is 7.82 Å². The van der Waals surface area contributed by atoms with E-state index in [4.69, 9.17) is 23.1 Å². The summed E-state index contributed by atoms with van der Waals surface area (Å²) in [6, 6.07) is 0. The second kappa shape index (κ2) is 22.9. The molecule has 0 aliphatic heterocycles. The van der Waals surface area contributed by atoms with Gasteiger partial charge in [0, 0.05) is 12.8 Å². The van der Waals surface area contributed by atoms with Gasteiger partial charge in [-0.25, -0.2) is 4.57 Å². The summed E-state index contributed by atoms with van der Waals surface area (Å²) in [6.45, 7) is 1.76. The number of hydrogen-bond donors (Lipinski definition) is 2. The van der Waals surface area contributed by atoms with Crippen molar-refractivity contribution in [3.8, 4) is 0 Å². The lowest BCUT2D eigenvalue weighted by Gasteiger charge is -2.24. The third-order valence-corrected chi connectivity index (χ3v) is 7.47. The number of rotatable bonds is 25. The van der Waals surface area contributed by atoms with E-state index in [1.165, 1.54) is 0 Å². The predicted octanol–water partition coefficient (Wildman–Crippen LogP) is 1.26. The van der Waals surface area contributed by atoms with Gasteiger partial charge in [-0.15, -0.1) is 0 Å². The molecule has 0 aromatic rings. The van der Waals surface area contributed by atoms with E-state index in [1.807, 2.05) is 28.1 Å². The summed E-state index contributed by atoms with van der Waals surface area (Å²) in [6.07, 6.45) is 8.13. The first-order valence-electron chi connectivity index (χ1n) is 13.9. The number of likely N-dealkylation sites (N-methyl/N-ethyl adjacent to an activating group) is 1. The molecule has 2 N–H and O–H groups in total. The fourth-order valence-corrected chi connectivity index (χ4v) is 4.71. The van der Waals surface area contributed by atoms with Crippen LogP contribution in [-0.2, 0) is 42.8 Å². The number of carbonyl (C=O) groups excluding carboxylic acids is 2. The number of ether oxygens (including phenoxy) is 2. The standard InChI is InChI=1S/C25H50NO11PS.BrH/c1-5-6-13-16-24(27)34-21-23(22-36-38(29,30)35-19-18-26(2,3)4)37-25(28)17-14-11-9-7-8-10-12-15-20-39(31,32)33;/h23H,5-22H2,1-4H3,(H-,29,30,31,32,33);1H. The molecular formula is C25H51BrNO11PS. The summed E-state index contributed by atoms with van der Waals surface area (Å²) >= 11 is 0. The number of quaternary nitrogens is 1. The normalized spacial score (nSPS) is 14.2. The highest BCUT2D eigenvalue weighted by Crippen LogP contribution is 2.43. The molecule has 2 unspecified atom stereocenters. The fraction of sp³-hybridized carbons (Fsp3) is 0.920. The van der Waals surface area contributed by atoms with Crippen LogP contribution in [0.5, 0.6) is 0 Å². The summed E-state index contributed by atoms with van der Waals surface area (Å²) in [5, 5.41) is 0. The van der Waals surface area contributed by atoms with E-state index < -0.39 is 42.6 Å². The van der Waals surface area contributed by atoms with Crippen molar-refractivity contribution in [3.05, 3.63) is 0 Å². The molecule has 40 heavy (non-hydrogen) atoms. The number of phosphoric acid groups is 1. The molecule has 0 aliphatic rings. The van der Waals surface area contributed by atoms with Gasteiger partial charge in [0.2, 0.25) is 0 Å². The lowest BCUT2D eigenvalue weighted by atomic mass is 10.1. The monoisotopic (exact) mass is 683 g/mol. The van der Waals surface area contributed by atoms with Crippen LogP contribution in [-0.4, -0.2) is 93.7 Å². The van der Waals surface area contributed by atoms with E-state index in [0.717, 1.165) is 51.4 Å². The van der Waals surface area contributed by atoms with Crippen LogP contribution in [0.15, 0.2) is 0 Å². The van der Waals surface area contributed by atoms with Crippen molar-refractivity contribution in [2.24, 2.45) is 0 Å². The molecule has 0 fully saturated rings. The Kier molecular flexibility index (Phi) is 23.8. The summed E-state index contributed by atoms with van der Waals surface area (Å²) in [7, 11) is -2.54. The zero-order chi connectivity index (χ0) is 29.8. The lowest BCUT2D eigenvalue weighted by molar-refractivity contribution is -0.870. The summed E-state index contributed by atoms with van der Waals surface area (Å²) < 4.78 is 63.4. The number of unbranched alkanes of at least 4 members (excludes halogenated alkanes) is 9. The van der Waals surface area contributed by atoms with E-state index >= 15 is 0 Å². The van der Waals surface area contributed by atoms with Crippen molar-refractivity contribution in [2.75, 3.05) is 53.3 Å². The average molecular weight is 685 g/mol. The van der Waals surface area contributed by atoms with Crippen LogP contribution < -0.4 is 17.0 Å². The number of halogens is 1. The Hall–Kier alpha value is -0.600. The Balaban J connectivity index is 0. The molecule has 2 atom stereocenters. The number of nitrogens with zero attached hydrogens (tertiary/aromatic N) is 1. The van der Waals surface area contributed by atoms with Crippen molar-refractivity contribution >= 4 is 29.9 Å². The minimum absolute atomic E-state index is 0. The minimum Gasteiger partial charge on any atom is -1.00 e. The maximum absolute atomic E-state index is 12.4. The summed E-state index contributed by atoms with van der Waals surface area (Å²) in [5.41, 5.74) is 0. The van der Waals surface area contributed by atoms with Gasteiger partial charge in [-0.1, -0.05) is 58.3 Å². The fourth-order valence-electron chi connectivity index (χ4n) is 3.40. The average Bonchev–Trinajstić information content (AvgIpc) is 2.80. The zero-order valence-corrected chi connectivity index (χ0v) is 27.9. The largest absolute Gasteiger partial charge is 1.00 e. The van der Waals surface area contributed by atoms with Gasteiger partial charge >= 0.3 is 19.8 Å². The maximum Gasteiger partial charge on any atom is 0.472 e. The number of esters is 2. The van der Waals surface area contributed by atoms with E-state index in [-0.39, 0.29) is 48.8 Å². The molecule has 0 heterocycles. The van der Waals surface area contributed by atoms with Crippen LogP contribution in [0.3, 0.4) is 0 Å². The highest BCUT2D eigenvalue weighted by molar-refractivity contribution is 7.85. The zero-order valence-electron chi connectivity index (χ0n) is 24.6. The molecule has 0 amide bonds. The smallest absolute Gasteiger partial charge is 0.472 e. The van der Waals surface area contributed by atoms with E-state index in [0.29, 0.717) is 30.3 Å². The number of carbonyl (C=O) groups is 2. The number of hydrogen-bond acceptors (Lipinski definition) is 9. The van der Waals surface area contributed by atoms with Gasteiger partial charge in [-0.3, -0.25) is 23.2 Å². The van der Waals surface area contributed by atoms with Crippen LogP contribution in [0, 0.1) is 0 Å². The van der Waals surface area contributed by atoms with Gasteiger partial charge in [-0.2, -0.15) is 8.42 Å². The molecule has 0 rings (SSSR count). The molecule has 0 aliphatic carbocycles. The van der Waals surface area contributed by atoms with Crippen molar-refractivity contribution in [3.63, 3.8) is 0 Å². The second-order valence-electron chi connectivity index (χ2n) is 10.7. The van der Waals surface area contributed by atoms with Gasteiger partial charge in [0.1, 0.15) is 19.8 Å². The van der Waals surface area contributed by atoms with Gasteiger partial charge in [-0.05, 0) is 19.3 Å². The van der Waals surface area contributed by atoms with Crippen LogP contribution in [0.25, 0.3) is 0 Å². The van der Waals surface area contributed by atoms with Gasteiger partial charge in [0.15, 0.2) is 6.10 Å². The van der Waals surface area contributed by atoms with Crippen molar-refractivity contribution in [2.45, 2.75) is 96.5 Å². The minimum atomic E-state index is -4.38. The summed E-state index contributed by atoms with van der Waals surface area (Å²) in [5.74, 6) is -1.16.